The third kappa shape index (κ3) is 18.4. The first-order valence-corrected chi connectivity index (χ1v) is 11.6. The Morgan fingerprint density at radius 3 is 1.82 bits per heavy atom. The highest BCUT2D eigenvalue weighted by Gasteiger charge is 1.99. The van der Waals surface area contributed by atoms with Gasteiger partial charge in [-0.05, 0) is 6.42 Å². The van der Waals surface area contributed by atoms with Crippen molar-refractivity contribution in [1.29, 1.82) is 0 Å². The van der Waals surface area contributed by atoms with Crippen LogP contribution in [0.2, 0.25) is 6.04 Å². The highest BCUT2D eigenvalue weighted by atomic mass is 79.9. The number of rotatable bonds is 16. The Morgan fingerprint density at radius 1 is 0.909 bits per heavy atom. The fourth-order valence-corrected chi connectivity index (χ4v) is 4.31. The second-order valence-corrected chi connectivity index (χ2v) is 11.8. The van der Waals surface area contributed by atoms with E-state index in [1.807, 2.05) is 0 Å². The van der Waals surface area contributed by atoms with Gasteiger partial charge < -0.3 is 4.74 Å². The molecule has 5 heteroatoms. The predicted octanol–water partition coefficient (Wildman–Crippen LogP) is 6.20. The summed E-state index contributed by atoms with van der Waals surface area (Å²) in [6.07, 6.45) is 15.6. The minimum absolute atomic E-state index is 0.306. The molecule has 0 aliphatic carbocycles. The zero-order valence-electron chi connectivity index (χ0n) is 13.6. The van der Waals surface area contributed by atoms with Gasteiger partial charge >= 0.3 is 5.97 Å². The Hall–Kier alpha value is 0.387. The molecule has 0 bridgehead atoms. The van der Waals surface area contributed by atoms with Crippen LogP contribution >= 0.6 is 31.9 Å². The van der Waals surface area contributed by atoms with Gasteiger partial charge in [-0.2, -0.15) is 0 Å². The summed E-state index contributed by atoms with van der Waals surface area (Å²) in [6, 6.07) is 1.35. The summed E-state index contributed by atoms with van der Waals surface area (Å²) in [6.45, 7) is 3.91. The van der Waals surface area contributed by atoms with E-state index in [-0.39, 0.29) is 5.97 Å². The quantitative estimate of drug-likeness (QED) is 0.0913. The highest BCUT2D eigenvalue weighted by Crippen LogP contribution is 2.14. The number of unbranched alkanes of at least 4 members (excludes halogenated alkanes) is 10. The lowest BCUT2D eigenvalue weighted by Crippen LogP contribution is -2.01. The molecule has 0 aliphatic heterocycles. The minimum Gasteiger partial charge on any atom is -0.463 e. The van der Waals surface area contributed by atoms with Gasteiger partial charge in [0.05, 0.1) is 19.5 Å². The smallest absolute Gasteiger partial charge is 0.330 e. The van der Waals surface area contributed by atoms with E-state index in [4.69, 9.17) is 4.74 Å². The molecule has 0 atom stereocenters. The van der Waals surface area contributed by atoms with Crippen LogP contribution in [0.5, 0.6) is 0 Å². The number of ether oxygens (including phenoxy) is 1. The summed E-state index contributed by atoms with van der Waals surface area (Å²) in [7, 11) is 0.999. The summed E-state index contributed by atoms with van der Waals surface area (Å²) in [5.74, 6) is -0.306. The van der Waals surface area contributed by atoms with Gasteiger partial charge in [0.1, 0.15) is 0 Å². The average molecular weight is 454 g/mol. The van der Waals surface area contributed by atoms with Crippen molar-refractivity contribution in [1.82, 2.24) is 0 Å². The molecule has 0 aliphatic rings. The van der Waals surface area contributed by atoms with Crippen molar-refractivity contribution in [3.63, 3.8) is 0 Å². The Bertz CT molecular complexity index is 273. The lowest BCUT2D eigenvalue weighted by atomic mass is 10.1. The maximum absolute atomic E-state index is 10.8. The van der Waals surface area contributed by atoms with Gasteiger partial charge in [-0.25, -0.2) is 4.79 Å². The molecule has 0 fully saturated rings. The molecule has 0 aromatic carbocycles. The van der Waals surface area contributed by atoms with E-state index in [2.05, 4.69) is 38.4 Å². The molecule has 0 saturated heterocycles. The van der Waals surface area contributed by atoms with Crippen LogP contribution in [-0.4, -0.2) is 25.5 Å². The normalized spacial score (nSPS) is 10.9. The molecule has 0 spiro atoms. The van der Waals surface area contributed by atoms with Crippen LogP contribution in [-0.2, 0) is 9.53 Å². The first-order chi connectivity index (χ1) is 10.7. The molecule has 22 heavy (non-hydrogen) atoms. The summed E-state index contributed by atoms with van der Waals surface area (Å²) >= 11 is 7.05. The van der Waals surface area contributed by atoms with Crippen molar-refractivity contribution in [3.05, 3.63) is 12.7 Å². The lowest BCUT2D eigenvalue weighted by molar-refractivity contribution is -0.137. The van der Waals surface area contributed by atoms with Crippen molar-refractivity contribution >= 4 is 47.3 Å². The summed E-state index contributed by atoms with van der Waals surface area (Å²) in [4.78, 5) is 10.8. The lowest BCUT2D eigenvalue weighted by Gasteiger charge is -2.04. The van der Waals surface area contributed by atoms with Gasteiger partial charge in [-0.3, -0.25) is 0 Å². The Labute approximate surface area is 155 Å². The predicted molar refractivity (Wildman–Crippen MR) is 104 cm³/mol. The van der Waals surface area contributed by atoms with Crippen LogP contribution in [0, 0.1) is 0 Å². The molecule has 0 aromatic rings. The molecule has 0 saturated carbocycles. The van der Waals surface area contributed by atoms with Gasteiger partial charge in [-0.1, -0.05) is 109 Å². The van der Waals surface area contributed by atoms with Crippen molar-refractivity contribution < 1.29 is 9.53 Å². The SMILES string of the molecule is C=CC(=O)OCCCCCCCCCCCCC[Si]C(Br)Br. The number of carbonyl (C=O) groups excluding carboxylic acids is 1. The second kappa shape index (κ2) is 17.7. The van der Waals surface area contributed by atoms with Crippen LogP contribution < -0.4 is 0 Å². The number of hydrogen-bond acceptors (Lipinski definition) is 2. The Morgan fingerprint density at radius 2 is 1.36 bits per heavy atom. The number of hydrogen-bond donors (Lipinski definition) is 0. The molecule has 0 heterocycles. The van der Waals surface area contributed by atoms with Gasteiger partial charge in [0.25, 0.3) is 0 Å². The van der Waals surface area contributed by atoms with Crippen molar-refractivity contribution in [2.45, 2.75) is 80.0 Å². The highest BCUT2D eigenvalue weighted by molar-refractivity contribution is 9.25. The van der Waals surface area contributed by atoms with E-state index in [0.29, 0.717) is 9.97 Å². The number of halogens is 2. The Balaban J connectivity index is 3.02. The first kappa shape index (κ1) is 22.4. The number of carbonyl (C=O) groups is 1. The van der Waals surface area contributed by atoms with E-state index in [0.717, 1.165) is 22.4 Å². The monoisotopic (exact) mass is 452 g/mol. The molecule has 128 valence electrons. The molecular weight excluding hydrogens is 424 g/mol. The third-order valence-electron chi connectivity index (χ3n) is 3.53. The molecule has 0 aromatic heterocycles. The molecule has 2 radical (unpaired) electrons. The molecule has 0 unspecified atom stereocenters. The van der Waals surface area contributed by atoms with E-state index in [1.54, 1.807) is 0 Å². The molecule has 0 N–H and O–H groups in total. The van der Waals surface area contributed by atoms with Crippen LogP contribution in [0.3, 0.4) is 0 Å². The fraction of sp³-hybridized carbons (Fsp3) is 0.824. The standard InChI is InChI=1S/C17H30Br2O2Si/c1-2-16(20)21-14-12-10-8-6-4-3-5-7-9-11-13-15-22-17(18)19/h2,17H,1,3-15H2. The average Bonchev–Trinajstić information content (AvgIpc) is 2.50. The number of esters is 1. The minimum atomic E-state index is -0.306. The number of alkyl halides is 2. The largest absolute Gasteiger partial charge is 0.463 e. The van der Waals surface area contributed by atoms with Crippen LogP contribution in [0.15, 0.2) is 12.7 Å². The van der Waals surface area contributed by atoms with Gasteiger partial charge in [0, 0.05) is 6.08 Å². The zero-order chi connectivity index (χ0) is 16.5. The Kier molecular flexibility index (Phi) is 18.0. The maximum atomic E-state index is 10.8. The van der Waals surface area contributed by atoms with Gasteiger partial charge in [0.15, 0.2) is 0 Å². The van der Waals surface area contributed by atoms with E-state index in [1.165, 1.54) is 69.9 Å². The van der Waals surface area contributed by atoms with Crippen molar-refractivity contribution in [2.24, 2.45) is 0 Å². The maximum Gasteiger partial charge on any atom is 0.330 e. The second-order valence-electron chi connectivity index (χ2n) is 5.52. The van der Waals surface area contributed by atoms with Gasteiger partial charge in [0.2, 0.25) is 0 Å². The molecular formula is C17H30Br2O2Si. The van der Waals surface area contributed by atoms with Crippen molar-refractivity contribution in [3.8, 4) is 0 Å². The third-order valence-corrected chi connectivity index (χ3v) is 6.42. The van der Waals surface area contributed by atoms with Crippen LogP contribution in [0.1, 0.15) is 70.6 Å². The zero-order valence-corrected chi connectivity index (χ0v) is 17.8. The van der Waals surface area contributed by atoms with Crippen LogP contribution in [0.25, 0.3) is 0 Å². The van der Waals surface area contributed by atoms with Crippen molar-refractivity contribution in [2.75, 3.05) is 6.61 Å². The van der Waals surface area contributed by atoms with E-state index < -0.39 is 0 Å². The molecule has 0 amide bonds. The fourth-order valence-electron chi connectivity index (χ4n) is 2.26. The molecule has 0 rings (SSSR count). The summed E-state index contributed by atoms with van der Waals surface area (Å²) in [5, 5.41) is 0. The topological polar surface area (TPSA) is 26.3 Å². The van der Waals surface area contributed by atoms with Gasteiger partial charge in [-0.15, -0.1) is 0 Å². The summed E-state index contributed by atoms with van der Waals surface area (Å²) in [5.41, 5.74) is 0. The first-order valence-electron chi connectivity index (χ1n) is 8.47. The van der Waals surface area contributed by atoms with E-state index in [9.17, 15) is 4.79 Å². The van der Waals surface area contributed by atoms with Crippen LogP contribution in [0.4, 0.5) is 0 Å². The molecule has 2 nitrogen and oxygen atoms in total. The van der Waals surface area contributed by atoms with E-state index >= 15 is 0 Å². The summed E-state index contributed by atoms with van der Waals surface area (Å²) < 4.78 is 5.46.